The van der Waals surface area contributed by atoms with Gasteiger partial charge in [0.2, 0.25) is 5.91 Å². The molecule has 0 saturated heterocycles. The minimum Gasteiger partial charge on any atom is -0.341 e. The Morgan fingerprint density at radius 1 is 1.09 bits per heavy atom. The van der Waals surface area contributed by atoms with E-state index in [-0.39, 0.29) is 5.91 Å². The second-order valence-electron chi connectivity index (χ2n) is 6.03. The first-order chi connectivity index (χ1) is 10.6. The van der Waals surface area contributed by atoms with E-state index in [1.165, 1.54) is 10.8 Å². The molecule has 2 N–H and O–H groups in total. The summed E-state index contributed by atoms with van der Waals surface area (Å²) < 4.78 is 0. The highest BCUT2D eigenvalue weighted by Crippen LogP contribution is 2.28. The standard InChI is InChI=1S/C19H26N2O/c1-4-19(5-2,14-20)18(22)21(3)13-15-10-11-16-8-6-7-9-17(16)12-15/h6-12H,4-5,13-14,20H2,1-3H3. The lowest BCUT2D eigenvalue weighted by atomic mass is 9.81. The molecule has 2 rings (SSSR count). The Bertz CT molecular complexity index is 638. The Labute approximate surface area is 133 Å². The lowest BCUT2D eigenvalue weighted by Gasteiger charge is -2.33. The molecule has 0 aliphatic carbocycles. The molecule has 0 aromatic heterocycles. The van der Waals surface area contributed by atoms with Crippen molar-refractivity contribution >= 4 is 16.7 Å². The number of fused-ring (bicyclic) bond motifs is 1. The molecule has 0 aliphatic rings. The maximum atomic E-state index is 12.8. The minimum atomic E-state index is -0.425. The van der Waals surface area contributed by atoms with Gasteiger partial charge in [0, 0.05) is 20.1 Å². The van der Waals surface area contributed by atoms with Crippen LogP contribution in [0.15, 0.2) is 42.5 Å². The van der Waals surface area contributed by atoms with Crippen molar-refractivity contribution in [3.8, 4) is 0 Å². The van der Waals surface area contributed by atoms with E-state index < -0.39 is 5.41 Å². The van der Waals surface area contributed by atoms with Gasteiger partial charge in [0.15, 0.2) is 0 Å². The average Bonchev–Trinajstić information content (AvgIpc) is 2.56. The molecule has 0 radical (unpaired) electrons. The van der Waals surface area contributed by atoms with Crippen LogP contribution >= 0.6 is 0 Å². The molecular formula is C19H26N2O. The summed E-state index contributed by atoms with van der Waals surface area (Å²) in [5, 5.41) is 2.43. The maximum Gasteiger partial charge on any atom is 0.230 e. The summed E-state index contributed by atoms with van der Waals surface area (Å²) in [6.45, 7) is 5.10. The number of carbonyl (C=O) groups excluding carboxylic acids is 1. The van der Waals surface area contributed by atoms with Gasteiger partial charge in [-0.3, -0.25) is 4.79 Å². The van der Waals surface area contributed by atoms with Gasteiger partial charge in [-0.1, -0.05) is 50.2 Å². The molecule has 1 amide bonds. The summed E-state index contributed by atoms with van der Waals surface area (Å²) in [7, 11) is 1.87. The number of rotatable bonds is 6. The molecule has 0 heterocycles. The monoisotopic (exact) mass is 298 g/mol. The third kappa shape index (κ3) is 3.14. The molecule has 22 heavy (non-hydrogen) atoms. The Balaban J connectivity index is 2.19. The Morgan fingerprint density at radius 2 is 1.73 bits per heavy atom. The molecule has 0 unspecified atom stereocenters. The second-order valence-corrected chi connectivity index (χ2v) is 6.03. The Kier molecular flexibility index (Phi) is 5.19. The lowest BCUT2D eigenvalue weighted by molar-refractivity contribution is -0.141. The fourth-order valence-electron chi connectivity index (χ4n) is 3.02. The van der Waals surface area contributed by atoms with Gasteiger partial charge in [0.25, 0.3) is 0 Å². The molecular weight excluding hydrogens is 272 g/mol. The van der Waals surface area contributed by atoms with Gasteiger partial charge in [0.05, 0.1) is 5.41 Å². The zero-order valence-electron chi connectivity index (χ0n) is 13.8. The zero-order valence-corrected chi connectivity index (χ0v) is 13.8. The van der Waals surface area contributed by atoms with Gasteiger partial charge in [-0.05, 0) is 35.2 Å². The van der Waals surface area contributed by atoms with Crippen LogP contribution in [0.1, 0.15) is 32.3 Å². The first kappa shape index (κ1) is 16.5. The van der Waals surface area contributed by atoms with Crippen LogP contribution in [0.5, 0.6) is 0 Å². The van der Waals surface area contributed by atoms with E-state index >= 15 is 0 Å². The maximum absolute atomic E-state index is 12.8. The number of nitrogens with two attached hydrogens (primary N) is 1. The van der Waals surface area contributed by atoms with E-state index in [1.807, 2.05) is 37.9 Å². The van der Waals surface area contributed by atoms with E-state index in [1.54, 1.807) is 0 Å². The van der Waals surface area contributed by atoms with Gasteiger partial charge in [-0.2, -0.15) is 0 Å². The fraction of sp³-hybridized carbons (Fsp3) is 0.421. The van der Waals surface area contributed by atoms with Crippen LogP contribution in [0.25, 0.3) is 10.8 Å². The number of hydrogen-bond acceptors (Lipinski definition) is 2. The van der Waals surface area contributed by atoms with Crippen molar-refractivity contribution in [2.45, 2.75) is 33.2 Å². The number of amides is 1. The van der Waals surface area contributed by atoms with Gasteiger partial charge >= 0.3 is 0 Å². The predicted octanol–water partition coefficient (Wildman–Crippen LogP) is 3.56. The lowest BCUT2D eigenvalue weighted by Crippen LogP contribution is -2.45. The topological polar surface area (TPSA) is 46.3 Å². The van der Waals surface area contributed by atoms with Crippen molar-refractivity contribution in [3.63, 3.8) is 0 Å². The molecule has 118 valence electrons. The van der Waals surface area contributed by atoms with Crippen LogP contribution in [0.2, 0.25) is 0 Å². The summed E-state index contributed by atoms with van der Waals surface area (Å²) in [6.07, 6.45) is 1.56. The molecule has 3 heteroatoms. The minimum absolute atomic E-state index is 0.146. The van der Waals surface area contributed by atoms with Crippen molar-refractivity contribution < 1.29 is 4.79 Å². The predicted molar refractivity (Wildman–Crippen MR) is 92.5 cm³/mol. The SMILES string of the molecule is CCC(CC)(CN)C(=O)N(C)Cc1ccc2ccccc2c1. The van der Waals surface area contributed by atoms with Crippen LogP contribution in [0, 0.1) is 5.41 Å². The summed E-state index contributed by atoms with van der Waals surface area (Å²) in [6, 6.07) is 14.6. The Hall–Kier alpha value is -1.87. The molecule has 0 bridgehead atoms. The third-order valence-electron chi connectivity index (χ3n) is 4.78. The van der Waals surface area contributed by atoms with Gasteiger partial charge in [0.1, 0.15) is 0 Å². The van der Waals surface area contributed by atoms with Crippen LogP contribution < -0.4 is 5.73 Å². The second kappa shape index (κ2) is 6.93. The molecule has 2 aromatic rings. The van der Waals surface area contributed by atoms with E-state index in [2.05, 4.69) is 30.3 Å². The molecule has 0 spiro atoms. The van der Waals surface area contributed by atoms with Crippen molar-refractivity contribution in [1.82, 2.24) is 4.90 Å². The van der Waals surface area contributed by atoms with E-state index in [0.717, 1.165) is 18.4 Å². The highest BCUT2D eigenvalue weighted by Gasteiger charge is 2.35. The van der Waals surface area contributed by atoms with Crippen molar-refractivity contribution in [3.05, 3.63) is 48.0 Å². The normalized spacial score (nSPS) is 11.6. The van der Waals surface area contributed by atoms with Crippen LogP contribution in [-0.2, 0) is 11.3 Å². The summed E-state index contributed by atoms with van der Waals surface area (Å²) >= 11 is 0. The molecule has 0 saturated carbocycles. The third-order valence-corrected chi connectivity index (χ3v) is 4.78. The summed E-state index contributed by atoms with van der Waals surface area (Å²) in [4.78, 5) is 14.6. The van der Waals surface area contributed by atoms with Gasteiger partial charge in [-0.15, -0.1) is 0 Å². The highest BCUT2D eigenvalue weighted by molar-refractivity contribution is 5.84. The fourth-order valence-corrected chi connectivity index (χ4v) is 3.02. The van der Waals surface area contributed by atoms with Crippen LogP contribution in [0.4, 0.5) is 0 Å². The number of nitrogens with zero attached hydrogens (tertiary/aromatic N) is 1. The molecule has 0 fully saturated rings. The number of benzene rings is 2. The average molecular weight is 298 g/mol. The molecule has 0 atom stereocenters. The molecule has 3 nitrogen and oxygen atoms in total. The number of hydrogen-bond donors (Lipinski definition) is 1. The summed E-state index contributed by atoms with van der Waals surface area (Å²) in [5.74, 6) is 0.146. The largest absolute Gasteiger partial charge is 0.341 e. The van der Waals surface area contributed by atoms with Gasteiger partial charge in [-0.25, -0.2) is 0 Å². The van der Waals surface area contributed by atoms with Crippen LogP contribution in [0.3, 0.4) is 0 Å². The summed E-state index contributed by atoms with van der Waals surface area (Å²) in [5.41, 5.74) is 6.61. The van der Waals surface area contributed by atoms with Crippen molar-refractivity contribution in [2.24, 2.45) is 11.1 Å². The smallest absolute Gasteiger partial charge is 0.230 e. The van der Waals surface area contributed by atoms with Gasteiger partial charge < -0.3 is 10.6 Å². The molecule has 2 aromatic carbocycles. The Morgan fingerprint density at radius 3 is 2.32 bits per heavy atom. The number of carbonyl (C=O) groups is 1. The van der Waals surface area contributed by atoms with E-state index in [0.29, 0.717) is 13.1 Å². The zero-order chi connectivity index (χ0) is 16.2. The first-order valence-electron chi connectivity index (χ1n) is 7.99. The quantitative estimate of drug-likeness (QED) is 0.886. The van der Waals surface area contributed by atoms with Crippen LogP contribution in [-0.4, -0.2) is 24.4 Å². The highest BCUT2D eigenvalue weighted by atomic mass is 16.2. The first-order valence-corrected chi connectivity index (χ1v) is 7.99. The van der Waals surface area contributed by atoms with Crippen molar-refractivity contribution in [2.75, 3.05) is 13.6 Å². The van der Waals surface area contributed by atoms with E-state index in [9.17, 15) is 4.79 Å². The molecule has 0 aliphatic heterocycles. The van der Waals surface area contributed by atoms with Crippen molar-refractivity contribution in [1.29, 1.82) is 0 Å². The van der Waals surface area contributed by atoms with E-state index in [4.69, 9.17) is 5.73 Å².